The normalized spacial score (nSPS) is 11.9. The van der Waals surface area contributed by atoms with E-state index in [4.69, 9.17) is 5.73 Å². The zero-order chi connectivity index (χ0) is 12.8. The molecule has 0 saturated heterocycles. The molecular formula is C11H19N5O. The van der Waals surface area contributed by atoms with Crippen LogP contribution in [0.5, 0.6) is 0 Å². The van der Waals surface area contributed by atoms with Crippen LogP contribution in [0.4, 0.5) is 11.6 Å². The second kappa shape index (κ2) is 6.03. The average Bonchev–Trinajstić information content (AvgIpc) is 2.25. The van der Waals surface area contributed by atoms with Crippen LogP contribution < -0.4 is 16.4 Å². The molecule has 0 aliphatic carbocycles. The van der Waals surface area contributed by atoms with Crippen molar-refractivity contribution in [2.75, 3.05) is 17.2 Å². The van der Waals surface area contributed by atoms with E-state index in [1.165, 1.54) is 0 Å². The number of amides is 1. The molecule has 1 amide bonds. The smallest absolute Gasteiger partial charge is 0.239 e. The van der Waals surface area contributed by atoms with Gasteiger partial charge in [0.05, 0.1) is 0 Å². The van der Waals surface area contributed by atoms with Crippen LogP contribution in [0.1, 0.15) is 26.1 Å². The minimum atomic E-state index is -0.455. The van der Waals surface area contributed by atoms with Gasteiger partial charge in [-0.15, -0.1) is 0 Å². The highest BCUT2D eigenvalue weighted by Gasteiger charge is 2.09. The molecule has 0 aromatic carbocycles. The van der Waals surface area contributed by atoms with Crippen molar-refractivity contribution >= 4 is 17.5 Å². The first-order chi connectivity index (χ1) is 8.02. The van der Waals surface area contributed by atoms with E-state index in [1.54, 1.807) is 19.9 Å². The number of carbonyl (C=O) groups is 1. The summed E-state index contributed by atoms with van der Waals surface area (Å²) < 4.78 is 0. The molecule has 1 aromatic heterocycles. The van der Waals surface area contributed by atoms with Crippen LogP contribution >= 0.6 is 0 Å². The molecule has 0 aliphatic heterocycles. The molecule has 6 heteroatoms. The Bertz CT molecular complexity index is 393. The molecule has 1 aromatic rings. The highest BCUT2D eigenvalue weighted by molar-refractivity contribution is 5.82. The topological polar surface area (TPSA) is 92.9 Å². The summed E-state index contributed by atoms with van der Waals surface area (Å²) in [5.74, 6) is 1.58. The van der Waals surface area contributed by atoms with Crippen molar-refractivity contribution in [1.82, 2.24) is 9.97 Å². The van der Waals surface area contributed by atoms with Gasteiger partial charge < -0.3 is 16.4 Å². The lowest BCUT2D eigenvalue weighted by Crippen LogP contribution is -2.32. The Morgan fingerprint density at radius 2 is 2.12 bits per heavy atom. The van der Waals surface area contributed by atoms with Gasteiger partial charge in [0, 0.05) is 12.6 Å². The third-order valence-corrected chi connectivity index (χ3v) is 2.19. The predicted octanol–water partition coefficient (Wildman–Crippen LogP) is 0.893. The van der Waals surface area contributed by atoms with E-state index in [1.807, 2.05) is 0 Å². The maximum absolute atomic E-state index is 10.9. The Morgan fingerprint density at radius 1 is 1.47 bits per heavy atom. The molecule has 0 fully saturated rings. The largest absolute Gasteiger partial charge is 0.370 e. The van der Waals surface area contributed by atoms with Gasteiger partial charge in [-0.05, 0) is 20.3 Å². The fraction of sp³-hybridized carbons (Fsp3) is 0.545. The third-order valence-electron chi connectivity index (χ3n) is 2.19. The Hall–Kier alpha value is -1.85. The van der Waals surface area contributed by atoms with Crippen LogP contribution in [-0.2, 0) is 4.79 Å². The first-order valence-corrected chi connectivity index (χ1v) is 5.68. The van der Waals surface area contributed by atoms with E-state index >= 15 is 0 Å². The average molecular weight is 237 g/mol. The summed E-state index contributed by atoms with van der Waals surface area (Å²) in [4.78, 5) is 19.4. The van der Waals surface area contributed by atoms with Gasteiger partial charge in [0.15, 0.2) is 0 Å². The van der Waals surface area contributed by atoms with Gasteiger partial charge in [-0.3, -0.25) is 4.79 Å². The third kappa shape index (κ3) is 4.26. The van der Waals surface area contributed by atoms with Crippen LogP contribution in [0.15, 0.2) is 6.07 Å². The van der Waals surface area contributed by atoms with Crippen molar-refractivity contribution in [1.29, 1.82) is 0 Å². The van der Waals surface area contributed by atoms with Crippen LogP contribution in [0.3, 0.4) is 0 Å². The predicted molar refractivity (Wildman–Crippen MR) is 67.8 cm³/mol. The van der Waals surface area contributed by atoms with Gasteiger partial charge in [-0.1, -0.05) is 6.92 Å². The summed E-state index contributed by atoms with van der Waals surface area (Å²) in [5.41, 5.74) is 5.18. The molecule has 6 nitrogen and oxygen atoms in total. The van der Waals surface area contributed by atoms with Gasteiger partial charge in [0.25, 0.3) is 0 Å². The van der Waals surface area contributed by atoms with Crippen molar-refractivity contribution in [2.45, 2.75) is 33.2 Å². The van der Waals surface area contributed by atoms with Crippen molar-refractivity contribution in [3.05, 3.63) is 11.9 Å². The zero-order valence-corrected chi connectivity index (χ0v) is 10.4. The molecular weight excluding hydrogens is 218 g/mol. The molecule has 0 bridgehead atoms. The van der Waals surface area contributed by atoms with Crippen molar-refractivity contribution in [2.24, 2.45) is 5.73 Å². The number of rotatable bonds is 6. The number of hydrogen-bond acceptors (Lipinski definition) is 5. The molecule has 17 heavy (non-hydrogen) atoms. The monoisotopic (exact) mass is 237 g/mol. The Balaban J connectivity index is 2.78. The first kappa shape index (κ1) is 13.2. The quantitative estimate of drug-likeness (QED) is 0.683. The minimum Gasteiger partial charge on any atom is -0.370 e. The van der Waals surface area contributed by atoms with E-state index in [9.17, 15) is 4.79 Å². The molecule has 0 spiro atoms. The highest BCUT2D eigenvalue weighted by atomic mass is 16.1. The molecule has 0 aliphatic rings. The summed E-state index contributed by atoms with van der Waals surface area (Å²) >= 11 is 0. The SMILES string of the molecule is CCCNc1cc(NC(C)C(N)=O)nc(C)n1. The number of nitrogens with two attached hydrogens (primary N) is 1. The van der Waals surface area contributed by atoms with Crippen molar-refractivity contribution < 1.29 is 4.79 Å². The van der Waals surface area contributed by atoms with Crippen LogP contribution in [0.2, 0.25) is 0 Å². The summed E-state index contributed by atoms with van der Waals surface area (Å²) in [6.45, 7) is 6.42. The van der Waals surface area contributed by atoms with Crippen LogP contribution in [0.25, 0.3) is 0 Å². The number of aromatic nitrogens is 2. The molecule has 1 unspecified atom stereocenters. The molecule has 94 valence electrons. The van der Waals surface area contributed by atoms with Crippen LogP contribution in [0, 0.1) is 6.92 Å². The molecule has 1 rings (SSSR count). The Labute approximate surface area is 101 Å². The standard InChI is InChI=1S/C11H19N5O/c1-4-5-13-9-6-10(16-8(3)15-9)14-7(2)11(12)17/h6-7H,4-5H2,1-3H3,(H2,12,17)(H2,13,14,15,16). The maximum atomic E-state index is 10.9. The van der Waals surface area contributed by atoms with E-state index < -0.39 is 11.9 Å². The molecule has 4 N–H and O–H groups in total. The zero-order valence-electron chi connectivity index (χ0n) is 10.4. The summed E-state index contributed by atoms with van der Waals surface area (Å²) in [5, 5.41) is 6.10. The minimum absolute atomic E-state index is 0.413. The second-order valence-corrected chi connectivity index (χ2v) is 3.88. The van der Waals surface area contributed by atoms with Crippen molar-refractivity contribution in [3.8, 4) is 0 Å². The number of anilines is 2. The molecule has 1 heterocycles. The number of primary amides is 1. The lowest BCUT2D eigenvalue weighted by Gasteiger charge is -2.12. The van der Waals surface area contributed by atoms with Gasteiger partial charge in [0.1, 0.15) is 23.5 Å². The van der Waals surface area contributed by atoms with Crippen LogP contribution in [-0.4, -0.2) is 28.5 Å². The number of hydrogen-bond donors (Lipinski definition) is 3. The van der Waals surface area contributed by atoms with E-state index in [0.29, 0.717) is 11.6 Å². The number of nitrogens with zero attached hydrogens (tertiary/aromatic N) is 2. The fourth-order valence-electron chi connectivity index (χ4n) is 1.28. The summed E-state index contributed by atoms with van der Waals surface area (Å²) in [7, 11) is 0. The van der Waals surface area contributed by atoms with E-state index in [2.05, 4.69) is 27.5 Å². The first-order valence-electron chi connectivity index (χ1n) is 5.68. The molecule has 0 radical (unpaired) electrons. The summed E-state index contributed by atoms with van der Waals surface area (Å²) in [6, 6.07) is 1.31. The lowest BCUT2D eigenvalue weighted by molar-refractivity contribution is -0.118. The van der Waals surface area contributed by atoms with E-state index in [-0.39, 0.29) is 0 Å². The summed E-state index contributed by atoms with van der Waals surface area (Å²) in [6.07, 6.45) is 1.02. The number of aryl methyl sites for hydroxylation is 1. The Morgan fingerprint density at radius 3 is 2.71 bits per heavy atom. The van der Waals surface area contributed by atoms with Gasteiger partial charge in [-0.25, -0.2) is 9.97 Å². The second-order valence-electron chi connectivity index (χ2n) is 3.88. The highest BCUT2D eigenvalue weighted by Crippen LogP contribution is 2.11. The van der Waals surface area contributed by atoms with E-state index in [0.717, 1.165) is 18.8 Å². The number of carbonyl (C=O) groups excluding carboxylic acids is 1. The number of nitrogens with one attached hydrogen (secondary N) is 2. The van der Waals surface area contributed by atoms with Gasteiger partial charge in [-0.2, -0.15) is 0 Å². The lowest BCUT2D eigenvalue weighted by atomic mass is 10.3. The Kier molecular flexibility index (Phi) is 4.68. The van der Waals surface area contributed by atoms with Gasteiger partial charge in [0.2, 0.25) is 5.91 Å². The van der Waals surface area contributed by atoms with Crippen molar-refractivity contribution in [3.63, 3.8) is 0 Å². The fourth-order valence-corrected chi connectivity index (χ4v) is 1.28. The molecule has 1 atom stereocenters. The van der Waals surface area contributed by atoms with Gasteiger partial charge >= 0.3 is 0 Å². The molecule has 0 saturated carbocycles. The maximum Gasteiger partial charge on any atom is 0.239 e.